The predicted molar refractivity (Wildman–Crippen MR) is 69.7 cm³/mol. The highest BCUT2D eigenvalue weighted by atomic mass is 35.5. The van der Waals surface area contributed by atoms with Crippen molar-refractivity contribution in [2.24, 2.45) is 11.8 Å². The minimum atomic E-state index is -0.942. The number of halogens is 1. The number of nitrogens with one attached hydrogen (secondary N) is 1. The predicted octanol–water partition coefficient (Wildman–Crippen LogP) is 1.64. The second-order valence-corrected chi connectivity index (χ2v) is 4.60. The maximum absolute atomic E-state index is 11.6. The van der Waals surface area contributed by atoms with Crippen LogP contribution in [0.2, 0.25) is 5.02 Å². The fraction of sp³-hybridized carbons (Fsp3) is 0.364. The summed E-state index contributed by atoms with van der Waals surface area (Å²) in [5.41, 5.74) is 1.70. The Kier molecular flexibility index (Phi) is 5.08. The van der Waals surface area contributed by atoms with Crippen LogP contribution in [-0.2, 0) is 4.79 Å². The number of nitro benzene ring substituents is 1. The van der Waals surface area contributed by atoms with Crippen molar-refractivity contribution >= 4 is 23.2 Å². The van der Waals surface area contributed by atoms with Gasteiger partial charge in [0.1, 0.15) is 0 Å². The molecular weight excluding hydrogens is 274 g/mol. The smallest absolute Gasteiger partial charge is 0.311 e. The van der Waals surface area contributed by atoms with Gasteiger partial charge >= 0.3 is 5.69 Å². The minimum Gasteiger partial charge on any atom is -0.473 e. The van der Waals surface area contributed by atoms with Crippen LogP contribution in [0.25, 0.3) is 0 Å². The van der Waals surface area contributed by atoms with Crippen LogP contribution in [0, 0.1) is 16.0 Å². The Labute approximate surface area is 114 Å². The van der Waals surface area contributed by atoms with Gasteiger partial charge in [0, 0.05) is 17.2 Å². The third kappa shape index (κ3) is 3.80. The summed E-state index contributed by atoms with van der Waals surface area (Å²) in [6.45, 7) is 3.46. The van der Waals surface area contributed by atoms with Gasteiger partial charge in [0.15, 0.2) is 11.9 Å². The lowest BCUT2D eigenvalue weighted by Crippen LogP contribution is -2.44. The summed E-state index contributed by atoms with van der Waals surface area (Å²) < 4.78 is 5.38. The molecule has 0 aromatic heterocycles. The molecule has 1 rings (SSSR count). The number of hydrogen-bond donors (Lipinski definition) is 2. The summed E-state index contributed by atoms with van der Waals surface area (Å²) >= 11 is 5.77. The molecule has 1 amide bonds. The zero-order chi connectivity index (χ0) is 14.6. The largest absolute Gasteiger partial charge is 0.473 e. The number of nitrogens with two attached hydrogens (primary N) is 1. The van der Waals surface area contributed by atoms with E-state index in [1.165, 1.54) is 18.2 Å². The van der Waals surface area contributed by atoms with E-state index in [9.17, 15) is 14.9 Å². The zero-order valence-corrected chi connectivity index (χ0v) is 11.2. The number of benzene rings is 1. The molecule has 0 aliphatic rings. The topological polar surface area (TPSA) is 107 Å². The standard InChI is InChI=1S/C11H14ClN3O4/c1-6(2)10(11(16)14-13)19-9-5-7(12)3-4-8(9)15(17)18/h3-6,10H,13H2,1-2H3,(H,14,16). The van der Waals surface area contributed by atoms with Crippen molar-refractivity contribution in [1.82, 2.24) is 5.43 Å². The first-order chi connectivity index (χ1) is 8.86. The van der Waals surface area contributed by atoms with Crippen LogP contribution in [0.4, 0.5) is 5.69 Å². The lowest BCUT2D eigenvalue weighted by atomic mass is 10.1. The summed E-state index contributed by atoms with van der Waals surface area (Å²) in [5, 5.41) is 11.2. The first-order valence-corrected chi connectivity index (χ1v) is 5.85. The van der Waals surface area contributed by atoms with Gasteiger partial charge in [0.2, 0.25) is 0 Å². The maximum atomic E-state index is 11.6. The van der Waals surface area contributed by atoms with Crippen molar-refractivity contribution in [2.75, 3.05) is 0 Å². The molecule has 1 atom stereocenters. The van der Waals surface area contributed by atoms with Crippen molar-refractivity contribution in [1.29, 1.82) is 0 Å². The number of amides is 1. The molecule has 0 bridgehead atoms. The number of rotatable bonds is 5. The average Bonchev–Trinajstić information content (AvgIpc) is 2.34. The van der Waals surface area contributed by atoms with Gasteiger partial charge in [-0.25, -0.2) is 5.84 Å². The van der Waals surface area contributed by atoms with E-state index in [-0.39, 0.29) is 22.4 Å². The maximum Gasteiger partial charge on any atom is 0.311 e. The number of nitro groups is 1. The molecule has 104 valence electrons. The molecule has 1 unspecified atom stereocenters. The summed E-state index contributed by atoms with van der Waals surface area (Å²) in [4.78, 5) is 21.8. The van der Waals surface area contributed by atoms with E-state index in [4.69, 9.17) is 22.2 Å². The Hall–Kier alpha value is -1.86. The molecule has 8 heteroatoms. The molecule has 1 aromatic carbocycles. The van der Waals surface area contributed by atoms with Crippen molar-refractivity contribution in [2.45, 2.75) is 20.0 Å². The number of ether oxygens (including phenoxy) is 1. The summed E-state index contributed by atoms with van der Waals surface area (Å²) in [5.74, 6) is 4.20. The van der Waals surface area contributed by atoms with Crippen molar-refractivity contribution in [3.8, 4) is 5.75 Å². The van der Waals surface area contributed by atoms with Crippen molar-refractivity contribution in [3.05, 3.63) is 33.3 Å². The first kappa shape index (κ1) is 15.2. The number of hydrazine groups is 1. The molecule has 1 aromatic rings. The van der Waals surface area contributed by atoms with Crippen LogP contribution in [0.15, 0.2) is 18.2 Å². The van der Waals surface area contributed by atoms with Crippen LogP contribution < -0.4 is 16.0 Å². The van der Waals surface area contributed by atoms with E-state index in [2.05, 4.69) is 0 Å². The van der Waals surface area contributed by atoms with E-state index >= 15 is 0 Å². The van der Waals surface area contributed by atoms with Crippen molar-refractivity contribution in [3.63, 3.8) is 0 Å². The van der Waals surface area contributed by atoms with Gasteiger partial charge in [-0.2, -0.15) is 0 Å². The molecule has 7 nitrogen and oxygen atoms in total. The lowest BCUT2D eigenvalue weighted by molar-refractivity contribution is -0.386. The minimum absolute atomic E-state index is 0.0696. The zero-order valence-electron chi connectivity index (χ0n) is 10.4. The number of carbonyl (C=O) groups excluding carboxylic acids is 1. The van der Waals surface area contributed by atoms with Gasteiger partial charge < -0.3 is 4.74 Å². The molecule has 0 aliphatic carbocycles. The molecule has 0 radical (unpaired) electrons. The Morgan fingerprint density at radius 2 is 2.16 bits per heavy atom. The Bertz CT molecular complexity index is 493. The molecule has 19 heavy (non-hydrogen) atoms. The normalized spacial score (nSPS) is 12.1. The summed E-state index contributed by atoms with van der Waals surface area (Å²) in [6.07, 6.45) is -0.942. The van der Waals surface area contributed by atoms with E-state index in [1.54, 1.807) is 13.8 Å². The van der Waals surface area contributed by atoms with Crippen LogP contribution in [0.5, 0.6) is 5.75 Å². The molecule has 0 fully saturated rings. The van der Waals surface area contributed by atoms with Gasteiger partial charge in [0.25, 0.3) is 5.91 Å². The number of hydrogen-bond acceptors (Lipinski definition) is 5. The Morgan fingerprint density at radius 3 is 2.63 bits per heavy atom. The van der Waals surface area contributed by atoms with E-state index in [0.717, 1.165) is 0 Å². The molecule has 0 heterocycles. The molecule has 0 saturated carbocycles. The molecule has 0 spiro atoms. The summed E-state index contributed by atoms with van der Waals surface area (Å²) in [6, 6.07) is 3.88. The summed E-state index contributed by atoms with van der Waals surface area (Å²) in [7, 11) is 0. The highest BCUT2D eigenvalue weighted by Gasteiger charge is 2.27. The van der Waals surface area contributed by atoms with Crippen LogP contribution in [0.3, 0.4) is 0 Å². The SMILES string of the molecule is CC(C)C(Oc1cc(Cl)ccc1[N+](=O)[O-])C(=O)NN. The fourth-order valence-corrected chi connectivity index (χ4v) is 1.61. The van der Waals surface area contributed by atoms with E-state index in [1.807, 2.05) is 5.43 Å². The molecular formula is C11H14ClN3O4. The second-order valence-electron chi connectivity index (χ2n) is 4.16. The Morgan fingerprint density at radius 1 is 1.53 bits per heavy atom. The Balaban J connectivity index is 3.11. The van der Waals surface area contributed by atoms with Gasteiger partial charge in [0.05, 0.1) is 4.92 Å². The quantitative estimate of drug-likeness (QED) is 0.370. The molecule has 3 N–H and O–H groups in total. The van der Waals surface area contributed by atoms with Crippen molar-refractivity contribution < 1.29 is 14.5 Å². The monoisotopic (exact) mass is 287 g/mol. The highest BCUT2D eigenvalue weighted by molar-refractivity contribution is 6.30. The highest BCUT2D eigenvalue weighted by Crippen LogP contribution is 2.31. The third-order valence-electron chi connectivity index (χ3n) is 2.38. The van der Waals surface area contributed by atoms with Gasteiger partial charge in [-0.05, 0) is 12.0 Å². The number of nitrogens with zero attached hydrogens (tertiary/aromatic N) is 1. The molecule has 0 saturated heterocycles. The average molecular weight is 288 g/mol. The lowest BCUT2D eigenvalue weighted by Gasteiger charge is -2.20. The first-order valence-electron chi connectivity index (χ1n) is 5.48. The van der Waals surface area contributed by atoms with E-state index < -0.39 is 16.9 Å². The van der Waals surface area contributed by atoms with Crippen LogP contribution in [0.1, 0.15) is 13.8 Å². The van der Waals surface area contributed by atoms with Crippen LogP contribution in [-0.4, -0.2) is 16.9 Å². The van der Waals surface area contributed by atoms with Gasteiger partial charge in [-0.3, -0.25) is 20.3 Å². The van der Waals surface area contributed by atoms with Gasteiger partial charge in [-0.15, -0.1) is 0 Å². The molecule has 0 aliphatic heterocycles. The third-order valence-corrected chi connectivity index (χ3v) is 2.61. The van der Waals surface area contributed by atoms with Crippen LogP contribution >= 0.6 is 11.6 Å². The second kappa shape index (κ2) is 6.35. The fourth-order valence-electron chi connectivity index (χ4n) is 1.44. The van der Waals surface area contributed by atoms with E-state index in [0.29, 0.717) is 0 Å². The van der Waals surface area contributed by atoms with Gasteiger partial charge in [-0.1, -0.05) is 25.4 Å². The number of carbonyl (C=O) groups is 1.